The zero-order valence-electron chi connectivity index (χ0n) is 8.15. The fraction of sp³-hybridized carbons (Fsp3) is 1.00. The van der Waals surface area contributed by atoms with Crippen molar-refractivity contribution in [3.8, 4) is 0 Å². The maximum Gasteiger partial charge on any atom is -0.0391 e. The van der Waals surface area contributed by atoms with Crippen molar-refractivity contribution in [3.05, 3.63) is 0 Å². The van der Waals surface area contributed by atoms with Crippen molar-refractivity contribution in [2.24, 2.45) is 17.8 Å². The predicted octanol–water partition coefficient (Wildman–Crippen LogP) is 3.71. The minimum absolute atomic E-state index is 0.868. The van der Waals surface area contributed by atoms with E-state index in [1.54, 1.807) is 0 Å². The van der Waals surface area contributed by atoms with E-state index in [9.17, 15) is 0 Å². The van der Waals surface area contributed by atoms with Crippen LogP contribution < -0.4 is 0 Å². The Balaban J connectivity index is 3.60. The SMILES string of the molecule is CC[C@H](CC(C)C)C(C)C. The van der Waals surface area contributed by atoms with Gasteiger partial charge < -0.3 is 0 Å². The van der Waals surface area contributed by atoms with Gasteiger partial charge in [-0.2, -0.15) is 0 Å². The highest BCUT2D eigenvalue weighted by Gasteiger charge is 2.11. The molecule has 0 heterocycles. The van der Waals surface area contributed by atoms with Crippen molar-refractivity contribution in [2.45, 2.75) is 47.5 Å². The minimum atomic E-state index is 0.868. The van der Waals surface area contributed by atoms with Gasteiger partial charge in [0, 0.05) is 0 Å². The van der Waals surface area contributed by atoms with Gasteiger partial charge in [0.15, 0.2) is 0 Å². The summed E-state index contributed by atoms with van der Waals surface area (Å²) in [5, 5.41) is 0. The maximum atomic E-state index is 2.33. The smallest absolute Gasteiger partial charge is 0.0391 e. The summed E-state index contributed by atoms with van der Waals surface area (Å²) >= 11 is 0. The molecule has 0 aromatic carbocycles. The Kier molecular flexibility index (Phi) is 4.76. The molecule has 0 aliphatic rings. The van der Waals surface area contributed by atoms with Gasteiger partial charge in [-0.05, 0) is 24.2 Å². The molecule has 0 heteroatoms. The molecule has 10 heavy (non-hydrogen) atoms. The Bertz CT molecular complexity index is 72.1. The average Bonchev–Trinajstić information content (AvgIpc) is 1.81. The molecule has 0 fully saturated rings. The largest absolute Gasteiger partial charge is 0.0651 e. The van der Waals surface area contributed by atoms with Crippen LogP contribution in [0.25, 0.3) is 0 Å². The summed E-state index contributed by atoms with van der Waals surface area (Å²) in [5.74, 6) is 2.68. The van der Waals surface area contributed by atoms with Crippen LogP contribution in [0.4, 0.5) is 0 Å². The molecule has 0 unspecified atom stereocenters. The van der Waals surface area contributed by atoms with Crippen LogP contribution in [-0.2, 0) is 0 Å². The molecule has 0 aromatic rings. The second-order valence-corrected chi connectivity index (χ2v) is 4.04. The Labute approximate surface area is 66.0 Å². The summed E-state index contributed by atoms with van der Waals surface area (Å²) in [7, 11) is 0. The van der Waals surface area contributed by atoms with Crippen molar-refractivity contribution in [2.75, 3.05) is 0 Å². The van der Waals surface area contributed by atoms with E-state index in [0.717, 1.165) is 17.8 Å². The Morgan fingerprint density at radius 3 is 1.60 bits per heavy atom. The normalized spacial score (nSPS) is 14.7. The lowest BCUT2D eigenvalue weighted by atomic mass is 9.86. The van der Waals surface area contributed by atoms with Crippen LogP contribution >= 0.6 is 0 Å². The molecule has 0 radical (unpaired) electrons. The molecule has 0 aliphatic heterocycles. The fourth-order valence-corrected chi connectivity index (χ4v) is 1.52. The molecular formula is C10H22. The third-order valence-electron chi connectivity index (χ3n) is 2.24. The van der Waals surface area contributed by atoms with Gasteiger partial charge in [0.25, 0.3) is 0 Å². The molecule has 0 spiro atoms. The van der Waals surface area contributed by atoms with Crippen molar-refractivity contribution >= 4 is 0 Å². The zero-order chi connectivity index (χ0) is 8.15. The van der Waals surface area contributed by atoms with Crippen molar-refractivity contribution in [3.63, 3.8) is 0 Å². The lowest BCUT2D eigenvalue weighted by Crippen LogP contribution is -2.10. The van der Waals surface area contributed by atoms with Crippen LogP contribution in [0.1, 0.15) is 47.5 Å². The van der Waals surface area contributed by atoms with E-state index in [2.05, 4.69) is 34.6 Å². The van der Waals surface area contributed by atoms with Gasteiger partial charge in [0.2, 0.25) is 0 Å². The first-order valence-electron chi connectivity index (χ1n) is 4.57. The van der Waals surface area contributed by atoms with Gasteiger partial charge in [-0.15, -0.1) is 0 Å². The lowest BCUT2D eigenvalue weighted by molar-refractivity contribution is 0.308. The zero-order valence-corrected chi connectivity index (χ0v) is 8.15. The summed E-state index contributed by atoms with van der Waals surface area (Å²) in [6.45, 7) is 11.6. The topological polar surface area (TPSA) is 0 Å². The highest BCUT2D eigenvalue weighted by molar-refractivity contribution is 4.62. The molecule has 62 valence electrons. The molecule has 0 aliphatic carbocycles. The summed E-state index contributed by atoms with van der Waals surface area (Å²) in [5.41, 5.74) is 0. The molecule has 0 saturated heterocycles. The highest BCUT2D eigenvalue weighted by Crippen LogP contribution is 2.22. The van der Waals surface area contributed by atoms with Crippen LogP contribution in [0.3, 0.4) is 0 Å². The Morgan fingerprint density at radius 2 is 1.50 bits per heavy atom. The van der Waals surface area contributed by atoms with Gasteiger partial charge >= 0.3 is 0 Å². The average molecular weight is 142 g/mol. The first-order chi connectivity index (χ1) is 4.57. The second kappa shape index (κ2) is 4.76. The molecule has 0 saturated carbocycles. The molecule has 1 atom stereocenters. The van der Waals surface area contributed by atoms with E-state index in [1.807, 2.05) is 0 Å². The third-order valence-corrected chi connectivity index (χ3v) is 2.24. The minimum Gasteiger partial charge on any atom is -0.0651 e. The Hall–Kier alpha value is 0. The quantitative estimate of drug-likeness (QED) is 0.561. The van der Waals surface area contributed by atoms with Crippen LogP contribution in [0.2, 0.25) is 0 Å². The van der Waals surface area contributed by atoms with Crippen molar-refractivity contribution < 1.29 is 0 Å². The molecular weight excluding hydrogens is 120 g/mol. The standard InChI is InChI=1S/C10H22/c1-6-10(9(4)5)7-8(2)3/h8-10H,6-7H2,1-5H3/t10-/m1/s1. The second-order valence-electron chi connectivity index (χ2n) is 4.04. The summed E-state index contributed by atoms with van der Waals surface area (Å²) in [6.07, 6.45) is 2.74. The van der Waals surface area contributed by atoms with E-state index in [-0.39, 0.29) is 0 Å². The van der Waals surface area contributed by atoms with E-state index < -0.39 is 0 Å². The van der Waals surface area contributed by atoms with E-state index in [0.29, 0.717) is 0 Å². The monoisotopic (exact) mass is 142 g/mol. The van der Waals surface area contributed by atoms with Gasteiger partial charge in [-0.3, -0.25) is 0 Å². The molecule has 0 N–H and O–H groups in total. The summed E-state index contributed by atoms with van der Waals surface area (Å²) < 4.78 is 0. The molecule has 0 amide bonds. The Morgan fingerprint density at radius 1 is 1.00 bits per heavy atom. The highest BCUT2D eigenvalue weighted by atomic mass is 14.2. The number of hydrogen-bond donors (Lipinski definition) is 0. The van der Waals surface area contributed by atoms with E-state index in [4.69, 9.17) is 0 Å². The molecule has 0 bridgehead atoms. The predicted molar refractivity (Wildman–Crippen MR) is 48.1 cm³/mol. The third kappa shape index (κ3) is 3.92. The first kappa shape index (κ1) is 10.0. The van der Waals surface area contributed by atoms with Crippen molar-refractivity contribution in [1.29, 1.82) is 0 Å². The van der Waals surface area contributed by atoms with Gasteiger partial charge in [-0.25, -0.2) is 0 Å². The van der Waals surface area contributed by atoms with Gasteiger partial charge in [0.1, 0.15) is 0 Å². The van der Waals surface area contributed by atoms with Crippen LogP contribution in [-0.4, -0.2) is 0 Å². The number of rotatable bonds is 4. The lowest BCUT2D eigenvalue weighted by Gasteiger charge is -2.20. The van der Waals surface area contributed by atoms with Gasteiger partial charge in [-0.1, -0.05) is 41.0 Å². The van der Waals surface area contributed by atoms with Crippen LogP contribution in [0.5, 0.6) is 0 Å². The summed E-state index contributed by atoms with van der Waals surface area (Å²) in [6, 6.07) is 0. The van der Waals surface area contributed by atoms with Crippen LogP contribution in [0.15, 0.2) is 0 Å². The first-order valence-corrected chi connectivity index (χ1v) is 4.57. The van der Waals surface area contributed by atoms with Crippen molar-refractivity contribution in [1.82, 2.24) is 0 Å². The molecule has 0 rings (SSSR count). The molecule has 0 nitrogen and oxygen atoms in total. The van der Waals surface area contributed by atoms with Gasteiger partial charge in [0.05, 0.1) is 0 Å². The van der Waals surface area contributed by atoms with E-state index >= 15 is 0 Å². The summed E-state index contributed by atoms with van der Waals surface area (Å²) in [4.78, 5) is 0. The van der Waals surface area contributed by atoms with E-state index in [1.165, 1.54) is 12.8 Å². The number of hydrogen-bond acceptors (Lipinski definition) is 0. The van der Waals surface area contributed by atoms with Crippen LogP contribution in [0, 0.1) is 17.8 Å². The fourth-order valence-electron chi connectivity index (χ4n) is 1.52. The molecule has 0 aromatic heterocycles. The maximum absolute atomic E-state index is 2.33.